The molecule has 98 valence electrons. The fraction of sp³-hybridized carbons (Fsp3) is 0.929. The third-order valence-electron chi connectivity index (χ3n) is 4.36. The van der Waals surface area contributed by atoms with Crippen molar-refractivity contribution in [2.45, 2.75) is 71.5 Å². The van der Waals surface area contributed by atoms with Gasteiger partial charge in [-0.1, -0.05) is 34.1 Å². The van der Waals surface area contributed by atoms with E-state index in [1.54, 1.807) is 0 Å². The standard InChI is InChI=1S/C14H26N2O/c1-5-7-11-15-14(8-9-14)12(17)16(11)10-13(3,4)6-2/h11,15H,5-10H2,1-4H3. The van der Waals surface area contributed by atoms with Crippen LogP contribution in [-0.2, 0) is 4.79 Å². The largest absolute Gasteiger partial charge is 0.325 e. The second kappa shape index (κ2) is 4.27. The molecule has 0 radical (unpaired) electrons. The summed E-state index contributed by atoms with van der Waals surface area (Å²) in [5.74, 6) is 0.359. The first-order chi connectivity index (χ1) is 7.94. The summed E-state index contributed by atoms with van der Waals surface area (Å²) in [5.41, 5.74) is 0.0768. The molecule has 2 rings (SSSR count). The van der Waals surface area contributed by atoms with Crippen LogP contribution in [0.1, 0.15) is 59.8 Å². The zero-order valence-electron chi connectivity index (χ0n) is 11.7. The highest BCUT2D eigenvalue weighted by Crippen LogP contribution is 2.43. The topological polar surface area (TPSA) is 32.3 Å². The van der Waals surface area contributed by atoms with Crippen LogP contribution in [0.15, 0.2) is 0 Å². The lowest BCUT2D eigenvalue weighted by molar-refractivity contribution is -0.132. The lowest BCUT2D eigenvalue weighted by Crippen LogP contribution is -2.42. The van der Waals surface area contributed by atoms with Crippen LogP contribution < -0.4 is 5.32 Å². The predicted octanol–water partition coefficient (Wildman–Crippen LogP) is 2.51. The first-order valence-corrected chi connectivity index (χ1v) is 7.03. The highest BCUT2D eigenvalue weighted by Gasteiger charge is 2.59. The van der Waals surface area contributed by atoms with E-state index in [-0.39, 0.29) is 17.1 Å². The average molecular weight is 238 g/mol. The lowest BCUT2D eigenvalue weighted by atomic mass is 9.89. The smallest absolute Gasteiger partial charge is 0.244 e. The van der Waals surface area contributed by atoms with Gasteiger partial charge in [-0.3, -0.25) is 10.1 Å². The highest BCUT2D eigenvalue weighted by atomic mass is 16.2. The summed E-state index contributed by atoms with van der Waals surface area (Å²) in [7, 11) is 0. The van der Waals surface area contributed by atoms with Gasteiger partial charge in [-0.25, -0.2) is 0 Å². The Balaban J connectivity index is 2.09. The molecule has 1 unspecified atom stereocenters. The van der Waals surface area contributed by atoms with Gasteiger partial charge in [-0.2, -0.15) is 0 Å². The van der Waals surface area contributed by atoms with Crippen LogP contribution in [-0.4, -0.2) is 29.1 Å². The minimum atomic E-state index is -0.149. The van der Waals surface area contributed by atoms with Gasteiger partial charge in [0.1, 0.15) is 0 Å². The van der Waals surface area contributed by atoms with Crippen molar-refractivity contribution >= 4 is 5.91 Å². The van der Waals surface area contributed by atoms with Gasteiger partial charge in [-0.15, -0.1) is 0 Å². The molecule has 1 atom stereocenters. The molecule has 1 aliphatic heterocycles. The van der Waals surface area contributed by atoms with E-state index in [9.17, 15) is 4.79 Å². The van der Waals surface area contributed by atoms with Gasteiger partial charge in [-0.05, 0) is 31.1 Å². The number of hydrogen-bond acceptors (Lipinski definition) is 2. The Hall–Kier alpha value is -0.570. The van der Waals surface area contributed by atoms with Gasteiger partial charge in [0.2, 0.25) is 5.91 Å². The van der Waals surface area contributed by atoms with Gasteiger partial charge in [0.15, 0.2) is 0 Å². The average Bonchev–Trinajstić information content (AvgIpc) is 3.01. The van der Waals surface area contributed by atoms with Gasteiger partial charge in [0.25, 0.3) is 0 Å². The maximum atomic E-state index is 12.4. The molecule has 1 amide bonds. The van der Waals surface area contributed by atoms with E-state index in [2.05, 4.69) is 37.9 Å². The fourth-order valence-corrected chi connectivity index (χ4v) is 2.61. The molecular formula is C14H26N2O. The second-order valence-corrected chi connectivity index (χ2v) is 6.48. The highest BCUT2D eigenvalue weighted by molar-refractivity contribution is 5.91. The molecule has 0 bridgehead atoms. The molecule has 17 heavy (non-hydrogen) atoms. The van der Waals surface area contributed by atoms with Crippen LogP contribution in [0.5, 0.6) is 0 Å². The van der Waals surface area contributed by atoms with Gasteiger partial charge < -0.3 is 4.90 Å². The summed E-state index contributed by atoms with van der Waals surface area (Å²) in [6.45, 7) is 9.78. The molecule has 1 heterocycles. The minimum absolute atomic E-state index is 0.149. The Bertz CT molecular complexity index is 307. The molecule has 1 saturated heterocycles. The maximum Gasteiger partial charge on any atom is 0.244 e. The molecule has 0 aromatic rings. The quantitative estimate of drug-likeness (QED) is 0.798. The Morgan fingerprint density at radius 3 is 2.53 bits per heavy atom. The molecular weight excluding hydrogens is 212 g/mol. The zero-order valence-corrected chi connectivity index (χ0v) is 11.7. The van der Waals surface area contributed by atoms with E-state index in [1.165, 1.54) is 0 Å². The van der Waals surface area contributed by atoms with E-state index >= 15 is 0 Å². The number of carbonyl (C=O) groups excluding carboxylic acids is 1. The number of carbonyl (C=O) groups is 1. The van der Waals surface area contributed by atoms with Crippen LogP contribution in [0.3, 0.4) is 0 Å². The van der Waals surface area contributed by atoms with E-state index in [0.717, 1.165) is 38.6 Å². The predicted molar refractivity (Wildman–Crippen MR) is 69.6 cm³/mol. The number of hydrogen-bond donors (Lipinski definition) is 1. The van der Waals surface area contributed by atoms with Gasteiger partial charge in [0, 0.05) is 6.54 Å². The summed E-state index contributed by atoms with van der Waals surface area (Å²) in [6, 6.07) is 0. The lowest BCUT2D eigenvalue weighted by Gasteiger charge is -2.32. The SMILES string of the molecule is CCCC1NC2(CC2)C(=O)N1CC(C)(C)CC. The zero-order chi connectivity index (χ0) is 12.7. The molecule has 0 aromatic heterocycles. The van der Waals surface area contributed by atoms with Crippen molar-refractivity contribution in [1.82, 2.24) is 10.2 Å². The molecule has 1 aliphatic carbocycles. The second-order valence-electron chi connectivity index (χ2n) is 6.48. The summed E-state index contributed by atoms with van der Waals surface area (Å²) in [4.78, 5) is 14.5. The van der Waals surface area contributed by atoms with E-state index in [1.807, 2.05) is 0 Å². The Morgan fingerprint density at radius 2 is 2.06 bits per heavy atom. The maximum absolute atomic E-state index is 12.4. The minimum Gasteiger partial charge on any atom is -0.325 e. The first kappa shape index (κ1) is 12.9. The van der Waals surface area contributed by atoms with Gasteiger partial charge >= 0.3 is 0 Å². The summed E-state index contributed by atoms with van der Waals surface area (Å²) < 4.78 is 0. The Kier molecular flexibility index (Phi) is 3.23. The van der Waals surface area contributed by atoms with Crippen molar-refractivity contribution < 1.29 is 4.79 Å². The number of nitrogens with zero attached hydrogens (tertiary/aromatic N) is 1. The van der Waals surface area contributed by atoms with E-state index in [0.29, 0.717) is 5.91 Å². The van der Waals surface area contributed by atoms with Crippen molar-refractivity contribution in [2.24, 2.45) is 5.41 Å². The van der Waals surface area contributed by atoms with Crippen molar-refractivity contribution in [3.63, 3.8) is 0 Å². The Morgan fingerprint density at radius 1 is 1.41 bits per heavy atom. The van der Waals surface area contributed by atoms with Crippen LogP contribution in [0.25, 0.3) is 0 Å². The first-order valence-electron chi connectivity index (χ1n) is 7.03. The molecule has 2 fully saturated rings. The molecule has 1 N–H and O–H groups in total. The molecule has 1 spiro atoms. The summed E-state index contributed by atoms with van der Waals surface area (Å²) >= 11 is 0. The van der Waals surface area contributed by atoms with Crippen LogP contribution in [0.2, 0.25) is 0 Å². The number of nitrogens with one attached hydrogen (secondary N) is 1. The van der Waals surface area contributed by atoms with Crippen LogP contribution in [0.4, 0.5) is 0 Å². The van der Waals surface area contributed by atoms with E-state index in [4.69, 9.17) is 0 Å². The van der Waals surface area contributed by atoms with Crippen molar-refractivity contribution in [2.75, 3.05) is 6.54 Å². The normalized spacial score (nSPS) is 26.9. The molecule has 3 heteroatoms. The summed E-state index contributed by atoms with van der Waals surface area (Å²) in [5, 5.41) is 3.57. The molecule has 3 nitrogen and oxygen atoms in total. The van der Waals surface area contributed by atoms with Crippen LogP contribution >= 0.6 is 0 Å². The monoisotopic (exact) mass is 238 g/mol. The molecule has 2 aliphatic rings. The molecule has 1 saturated carbocycles. The van der Waals surface area contributed by atoms with Crippen molar-refractivity contribution in [1.29, 1.82) is 0 Å². The van der Waals surface area contributed by atoms with E-state index < -0.39 is 0 Å². The van der Waals surface area contributed by atoms with Crippen molar-refractivity contribution in [3.8, 4) is 0 Å². The number of amides is 1. The third-order valence-corrected chi connectivity index (χ3v) is 4.36. The van der Waals surface area contributed by atoms with Crippen molar-refractivity contribution in [3.05, 3.63) is 0 Å². The molecule has 0 aromatic carbocycles. The summed E-state index contributed by atoms with van der Waals surface area (Å²) in [6.07, 6.45) is 5.67. The fourth-order valence-electron chi connectivity index (χ4n) is 2.61. The third kappa shape index (κ3) is 2.35. The Labute approximate surface area is 105 Å². The number of rotatable bonds is 5. The van der Waals surface area contributed by atoms with Crippen LogP contribution in [0, 0.1) is 5.41 Å². The van der Waals surface area contributed by atoms with Gasteiger partial charge in [0.05, 0.1) is 11.7 Å².